The Balaban J connectivity index is 1.85. The van der Waals surface area contributed by atoms with E-state index < -0.39 is 0 Å². The topological polar surface area (TPSA) is 35.5 Å². The number of ketones is 1. The number of unbranched alkanes of at least 4 members (excludes halogenated alkanes) is 6. The molecule has 1 rings (SSSR count). The second kappa shape index (κ2) is 13.5. The second-order valence-electron chi connectivity index (χ2n) is 5.66. The van der Waals surface area contributed by atoms with Crippen molar-refractivity contribution < 1.29 is 14.6 Å². The van der Waals surface area contributed by atoms with Gasteiger partial charge in [0.15, 0.2) is 5.78 Å². The van der Waals surface area contributed by atoms with Crippen molar-refractivity contribution in [2.45, 2.75) is 64.7 Å². The first-order valence-electron chi connectivity index (χ1n) is 8.67. The molecule has 0 saturated heterocycles. The monoisotopic (exact) mass is 306 g/mol. The van der Waals surface area contributed by atoms with Gasteiger partial charge in [0.2, 0.25) is 0 Å². The Labute approximate surface area is 134 Å². The highest BCUT2D eigenvalue weighted by Gasteiger charge is 2.03. The molecule has 0 atom stereocenters. The first-order valence-corrected chi connectivity index (χ1v) is 8.67. The normalized spacial score (nSPS) is 10.8. The number of Topliss-reactive ketones (excluding diaryl/α,β-unsaturated/α-hetero) is 1. The molecule has 1 aromatic rings. The van der Waals surface area contributed by atoms with Crippen molar-refractivity contribution in [3.8, 4) is 0 Å². The quantitative estimate of drug-likeness (QED) is 0.201. The zero-order chi connectivity index (χ0) is 15.9. The molecule has 0 spiro atoms. The summed E-state index contributed by atoms with van der Waals surface area (Å²) in [5, 5.41) is 0. The van der Waals surface area contributed by atoms with Crippen LogP contribution in [0.2, 0.25) is 0 Å². The van der Waals surface area contributed by atoms with Crippen molar-refractivity contribution in [1.82, 2.24) is 0 Å². The summed E-state index contributed by atoms with van der Waals surface area (Å²) < 4.78 is 0. The van der Waals surface area contributed by atoms with Gasteiger partial charge in [-0.15, -0.1) is 0 Å². The van der Waals surface area contributed by atoms with Gasteiger partial charge < -0.3 is 0 Å². The molecule has 3 nitrogen and oxygen atoms in total. The highest BCUT2D eigenvalue weighted by atomic mass is 17.2. The van der Waals surface area contributed by atoms with Crippen LogP contribution in [-0.4, -0.2) is 19.0 Å². The van der Waals surface area contributed by atoms with Crippen molar-refractivity contribution in [3.63, 3.8) is 0 Å². The van der Waals surface area contributed by atoms with E-state index in [9.17, 15) is 4.79 Å². The van der Waals surface area contributed by atoms with E-state index in [2.05, 4.69) is 6.92 Å². The maximum Gasteiger partial charge on any atom is 0.162 e. The minimum atomic E-state index is 0.243. The Morgan fingerprint density at radius 2 is 1.41 bits per heavy atom. The Morgan fingerprint density at radius 1 is 0.818 bits per heavy atom. The van der Waals surface area contributed by atoms with Crippen LogP contribution >= 0.6 is 0 Å². The molecule has 1 aromatic carbocycles. The third-order valence-corrected chi connectivity index (χ3v) is 3.64. The van der Waals surface area contributed by atoms with Gasteiger partial charge in [-0.05, 0) is 19.3 Å². The summed E-state index contributed by atoms with van der Waals surface area (Å²) >= 11 is 0. The van der Waals surface area contributed by atoms with Crippen LogP contribution in [0.4, 0.5) is 0 Å². The molecule has 3 heteroatoms. The summed E-state index contributed by atoms with van der Waals surface area (Å²) in [6.07, 6.45) is 9.54. The fourth-order valence-electron chi connectivity index (χ4n) is 2.27. The Morgan fingerprint density at radius 3 is 2.05 bits per heavy atom. The van der Waals surface area contributed by atoms with E-state index in [-0.39, 0.29) is 5.78 Å². The van der Waals surface area contributed by atoms with Gasteiger partial charge in [0.1, 0.15) is 0 Å². The molecule has 0 aliphatic carbocycles. The molecule has 0 radical (unpaired) electrons. The highest BCUT2D eigenvalue weighted by molar-refractivity contribution is 5.95. The van der Waals surface area contributed by atoms with Crippen molar-refractivity contribution in [2.24, 2.45) is 0 Å². The van der Waals surface area contributed by atoms with Crippen LogP contribution in [0.25, 0.3) is 0 Å². The third-order valence-electron chi connectivity index (χ3n) is 3.64. The number of carbonyl (C=O) groups is 1. The van der Waals surface area contributed by atoms with E-state index in [1.54, 1.807) is 0 Å². The van der Waals surface area contributed by atoms with Gasteiger partial charge in [0.05, 0.1) is 13.2 Å². The van der Waals surface area contributed by atoms with Crippen LogP contribution in [0.15, 0.2) is 30.3 Å². The van der Waals surface area contributed by atoms with Crippen molar-refractivity contribution in [1.29, 1.82) is 0 Å². The second-order valence-corrected chi connectivity index (χ2v) is 5.66. The highest BCUT2D eigenvalue weighted by Crippen LogP contribution is 2.09. The van der Waals surface area contributed by atoms with Gasteiger partial charge in [-0.25, -0.2) is 9.78 Å². The average Bonchev–Trinajstić information content (AvgIpc) is 2.56. The molecule has 0 aliphatic rings. The molecule has 124 valence electrons. The third kappa shape index (κ3) is 9.69. The molecule has 0 amide bonds. The molecular formula is C19H30O3. The van der Waals surface area contributed by atoms with E-state index in [0.717, 1.165) is 37.7 Å². The summed E-state index contributed by atoms with van der Waals surface area (Å²) in [5.74, 6) is 0.243. The average molecular weight is 306 g/mol. The Hall–Kier alpha value is -1.19. The van der Waals surface area contributed by atoms with E-state index >= 15 is 0 Å². The van der Waals surface area contributed by atoms with Gasteiger partial charge in [-0.2, -0.15) is 0 Å². The van der Waals surface area contributed by atoms with Crippen molar-refractivity contribution >= 4 is 5.78 Å². The Kier molecular flexibility index (Phi) is 11.5. The van der Waals surface area contributed by atoms with Crippen LogP contribution in [0.5, 0.6) is 0 Å². The van der Waals surface area contributed by atoms with Crippen LogP contribution in [0.1, 0.15) is 75.1 Å². The number of hydrogen-bond donors (Lipinski definition) is 0. The molecule has 0 aromatic heterocycles. The van der Waals surface area contributed by atoms with Gasteiger partial charge in [0.25, 0.3) is 0 Å². The first kappa shape index (κ1) is 18.9. The molecule has 0 unspecified atom stereocenters. The standard InChI is InChI=1S/C19H30O3/c1-2-3-4-11-16-21-22-17-12-6-5-10-15-19(20)18-13-8-7-9-14-18/h7-9,13-14H,2-6,10-12,15-17H2,1H3. The summed E-state index contributed by atoms with van der Waals surface area (Å²) in [4.78, 5) is 22.2. The molecular weight excluding hydrogens is 276 g/mol. The molecule has 0 heterocycles. The zero-order valence-electron chi connectivity index (χ0n) is 13.9. The van der Waals surface area contributed by atoms with Crippen LogP contribution in [-0.2, 0) is 9.78 Å². The van der Waals surface area contributed by atoms with Gasteiger partial charge >= 0.3 is 0 Å². The molecule has 0 aliphatic heterocycles. The summed E-state index contributed by atoms with van der Waals surface area (Å²) in [5.41, 5.74) is 0.822. The number of rotatable bonds is 14. The minimum Gasteiger partial charge on any atom is -0.294 e. The Bertz CT molecular complexity index is 376. The predicted octanol–water partition coefficient (Wildman–Crippen LogP) is 5.35. The number of hydrogen-bond acceptors (Lipinski definition) is 3. The van der Waals surface area contributed by atoms with Crippen molar-refractivity contribution in [3.05, 3.63) is 35.9 Å². The largest absolute Gasteiger partial charge is 0.294 e. The maximum absolute atomic E-state index is 11.9. The fraction of sp³-hybridized carbons (Fsp3) is 0.632. The summed E-state index contributed by atoms with van der Waals surface area (Å²) in [6, 6.07) is 9.52. The lowest BCUT2D eigenvalue weighted by Crippen LogP contribution is -2.00. The summed E-state index contributed by atoms with van der Waals surface area (Å²) in [7, 11) is 0. The van der Waals surface area contributed by atoms with Crippen LogP contribution in [0.3, 0.4) is 0 Å². The molecule has 22 heavy (non-hydrogen) atoms. The SMILES string of the molecule is CCCCCCOOCCCCCCC(=O)c1ccccc1. The maximum atomic E-state index is 11.9. The molecule has 0 bridgehead atoms. The lowest BCUT2D eigenvalue weighted by Gasteiger charge is -2.04. The van der Waals surface area contributed by atoms with Gasteiger partial charge in [-0.1, -0.05) is 69.4 Å². The van der Waals surface area contributed by atoms with E-state index in [0.29, 0.717) is 19.6 Å². The number of carbonyl (C=O) groups excluding carboxylic acids is 1. The van der Waals surface area contributed by atoms with E-state index in [4.69, 9.17) is 9.78 Å². The minimum absolute atomic E-state index is 0.243. The first-order chi connectivity index (χ1) is 10.8. The fourth-order valence-corrected chi connectivity index (χ4v) is 2.27. The lowest BCUT2D eigenvalue weighted by molar-refractivity contribution is -0.295. The summed E-state index contributed by atoms with van der Waals surface area (Å²) in [6.45, 7) is 3.55. The number of benzene rings is 1. The molecule has 0 N–H and O–H groups in total. The predicted molar refractivity (Wildman–Crippen MR) is 89.9 cm³/mol. The van der Waals surface area contributed by atoms with Crippen LogP contribution in [0, 0.1) is 0 Å². The van der Waals surface area contributed by atoms with E-state index in [1.807, 2.05) is 30.3 Å². The van der Waals surface area contributed by atoms with E-state index in [1.165, 1.54) is 19.3 Å². The van der Waals surface area contributed by atoms with Crippen molar-refractivity contribution in [2.75, 3.05) is 13.2 Å². The zero-order valence-corrected chi connectivity index (χ0v) is 13.9. The van der Waals surface area contributed by atoms with Gasteiger partial charge in [-0.3, -0.25) is 4.79 Å². The lowest BCUT2D eigenvalue weighted by atomic mass is 10.0. The smallest absolute Gasteiger partial charge is 0.162 e. The van der Waals surface area contributed by atoms with Gasteiger partial charge in [0, 0.05) is 12.0 Å². The van der Waals surface area contributed by atoms with Crippen LogP contribution < -0.4 is 0 Å². The molecule has 0 fully saturated rings. The molecule has 0 saturated carbocycles.